The smallest absolute Gasteiger partial charge is 0.358 e. The van der Waals surface area contributed by atoms with Gasteiger partial charge in [-0.1, -0.05) is 30.5 Å². The van der Waals surface area contributed by atoms with Crippen LogP contribution in [0.1, 0.15) is 66.1 Å². The fourth-order valence-electron chi connectivity index (χ4n) is 4.50. The van der Waals surface area contributed by atoms with Gasteiger partial charge in [0.25, 0.3) is 5.91 Å². The number of hydrogen-bond acceptors (Lipinski definition) is 5. The number of ether oxygens (including phenoxy) is 1. The zero-order valence-electron chi connectivity index (χ0n) is 18.5. The van der Waals surface area contributed by atoms with Crippen LogP contribution in [0.25, 0.3) is 0 Å². The number of carbonyl (C=O) groups excluding carboxylic acids is 3. The number of hydrogen-bond donors (Lipinski definition) is 1. The summed E-state index contributed by atoms with van der Waals surface area (Å²) in [5.41, 5.74) is 0.356. The number of aryl methyl sites for hydroxylation is 1. The van der Waals surface area contributed by atoms with Crippen LogP contribution in [0.5, 0.6) is 0 Å². The Labute approximate surface area is 191 Å². The highest BCUT2D eigenvalue weighted by molar-refractivity contribution is 6.31. The van der Waals surface area contributed by atoms with Crippen molar-refractivity contribution in [1.82, 2.24) is 15.1 Å². The van der Waals surface area contributed by atoms with Crippen molar-refractivity contribution in [2.24, 2.45) is 0 Å². The number of halogens is 1. The Kier molecular flexibility index (Phi) is 5.99. The Bertz CT molecular complexity index is 1080. The molecule has 1 atom stereocenters. The molecule has 2 aromatic rings. The molecule has 1 saturated carbocycles. The van der Waals surface area contributed by atoms with Gasteiger partial charge in [0.2, 0.25) is 5.91 Å². The molecule has 0 bridgehead atoms. The second-order valence-electron chi connectivity index (χ2n) is 8.59. The third-order valence-corrected chi connectivity index (χ3v) is 6.46. The minimum atomic E-state index is -1.26. The first-order valence-corrected chi connectivity index (χ1v) is 11.3. The molecular formula is C23H27ClN4O4. The molecule has 2 amide bonds. The molecule has 0 spiro atoms. The molecule has 32 heavy (non-hydrogen) atoms. The van der Waals surface area contributed by atoms with Gasteiger partial charge >= 0.3 is 5.97 Å². The first kappa shape index (κ1) is 22.3. The van der Waals surface area contributed by atoms with Crippen molar-refractivity contribution in [3.63, 3.8) is 0 Å². The van der Waals surface area contributed by atoms with E-state index in [1.807, 2.05) is 13.0 Å². The van der Waals surface area contributed by atoms with E-state index in [1.165, 1.54) is 15.6 Å². The van der Waals surface area contributed by atoms with Crippen molar-refractivity contribution < 1.29 is 19.1 Å². The Morgan fingerprint density at radius 1 is 1.28 bits per heavy atom. The average Bonchev–Trinajstić information content (AvgIpc) is 3.40. The number of anilines is 1. The number of carbonyl (C=O) groups is 3. The minimum Gasteiger partial charge on any atom is -0.461 e. The van der Waals surface area contributed by atoms with Gasteiger partial charge in [0.05, 0.1) is 13.2 Å². The van der Waals surface area contributed by atoms with Crippen molar-refractivity contribution in [2.45, 2.75) is 64.6 Å². The van der Waals surface area contributed by atoms with Crippen LogP contribution >= 0.6 is 11.6 Å². The Morgan fingerprint density at radius 3 is 2.69 bits per heavy atom. The summed E-state index contributed by atoms with van der Waals surface area (Å²) >= 11 is 6.26. The number of amides is 2. The molecule has 0 radical (unpaired) electrons. The van der Waals surface area contributed by atoms with E-state index in [2.05, 4.69) is 10.4 Å². The maximum absolute atomic E-state index is 13.7. The van der Waals surface area contributed by atoms with Gasteiger partial charge in [-0.25, -0.2) is 4.79 Å². The van der Waals surface area contributed by atoms with E-state index < -0.39 is 17.4 Å². The van der Waals surface area contributed by atoms with Crippen LogP contribution in [-0.2, 0) is 16.1 Å². The zero-order valence-corrected chi connectivity index (χ0v) is 19.2. The molecule has 4 rings (SSSR count). The predicted octanol–water partition coefficient (Wildman–Crippen LogP) is 3.50. The van der Waals surface area contributed by atoms with Gasteiger partial charge in [0.1, 0.15) is 11.2 Å². The molecule has 9 heteroatoms. The van der Waals surface area contributed by atoms with E-state index in [4.69, 9.17) is 16.3 Å². The lowest BCUT2D eigenvalue weighted by Crippen LogP contribution is -2.65. The highest BCUT2D eigenvalue weighted by Crippen LogP contribution is 2.36. The number of nitrogens with one attached hydrogen (secondary N) is 1. The van der Waals surface area contributed by atoms with Crippen molar-refractivity contribution in [3.8, 4) is 0 Å². The highest BCUT2D eigenvalue weighted by Gasteiger charge is 2.50. The molecule has 1 fully saturated rings. The van der Waals surface area contributed by atoms with Crippen molar-refractivity contribution in [1.29, 1.82) is 0 Å². The molecule has 8 nitrogen and oxygen atoms in total. The van der Waals surface area contributed by atoms with E-state index in [1.54, 1.807) is 26.0 Å². The maximum Gasteiger partial charge on any atom is 0.358 e. The molecule has 170 valence electrons. The molecule has 1 aliphatic carbocycles. The summed E-state index contributed by atoms with van der Waals surface area (Å²) in [6, 6.07) is 6.76. The molecule has 1 N–H and O–H groups in total. The summed E-state index contributed by atoms with van der Waals surface area (Å²) in [4.78, 5) is 41.0. The largest absolute Gasteiger partial charge is 0.461 e. The monoisotopic (exact) mass is 458 g/mol. The second kappa shape index (κ2) is 8.58. The number of fused-ring (bicyclic) bond motifs is 1. The van der Waals surface area contributed by atoms with Gasteiger partial charge < -0.3 is 10.1 Å². The lowest BCUT2D eigenvalue weighted by Gasteiger charge is -2.44. The van der Waals surface area contributed by atoms with E-state index in [0.717, 1.165) is 31.2 Å². The van der Waals surface area contributed by atoms with Crippen LogP contribution in [0.3, 0.4) is 0 Å². The fourth-order valence-corrected chi connectivity index (χ4v) is 4.66. The third-order valence-electron chi connectivity index (χ3n) is 6.23. The Balaban J connectivity index is 1.80. The molecule has 1 aromatic carbocycles. The van der Waals surface area contributed by atoms with E-state index >= 15 is 0 Å². The lowest BCUT2D eigenvalue weighted by molar-refractivity contribution is -0.127. The summed E-state index contributed by atoms with van der Waals surface area (Å²) < 4.78 is 6.47. The lowest BCUT2D eigenvalue weighted by atomic mass is 9.92. The number of aromatic nitrogens is 2. The van der Waals surface area contributed by atoms with E-state index in [9.17, 15) is 14.4 Å². The normalized spacial score (nSPS) is 20.9. The van der Waals surface area contributed by atoms with Crippen molar-refractivity contribution in [2.75, 3.05) is 11.5 Å². The Hall–Kier alpha value is -2.87. The quantitative estimate of drug-likeness (QED) is 0.692. The highest BCUT2D eigenvalue weighted by atomic mass is 35.5. The van der Waals surface area contributed by atoms with Gasteiger partial charge in [-0.15, -0.1) is 0 Å². The molecule has 2 aliphatic rings. The van der Waals surface area contributed by atoms with Gasteiger partial charge in [-0.3, -0.25) is 19.2 Å². The third kappa shape index (κ3) is 3.88. The van der Waals surface area contributed by atoms with Crippen LogP contribution in [0, 0.1) is 6.92 Å². The van der Waals surface area contributed by atoms with Gasteiger partial charge in [-0.2, -0.15) is 5.10 Å². The standard InChI is InChI=1S/C23H27ClN4O4/c1-4-32-21(30)17-12-19-20(29)28(18-11-15(24)10-9-14(18)2)23(3,13-27(19)26-17)22(31)25-16-7-5-6-8-16/h9-12,16H,4-8,13H2,1-3H3,(H,25,31)/t23-/m0/s1. The first-order chi connectivity index (χ1) is 15.2. The van der Waals surface area contributed by atoms with Crippen molar-refractivity contribution in [3.05, 3.63) is 46.2 Å². The maximum atomic E-state index is 13.7. The summed E-state index contributed by atoms with van der Waals surface area (Å²) in [6.45, 7) is 5.59. The van der Waals surface area contributed by atoms with Gasteiger partial charge in [-0.05, 0) is 51.3 Å². The first-order valence-electron chi connectivity index (χ1n) is 10.9. The topological polar surface area (TPSA) is 93.5 Å². The van der Waals surface area contributed by atoms with Crippen LogP contribution in [-0.4, -0.2) is 45.8 Å². The fraction of sp³-hybridized carbons (Fsp3) is 0.478. The summed E-state index contributed by atoms with van der Waals surface area (Å²) in [5.74, 6) is -1.28. The number of rotatable bonds is 5. The average molecular weight is 459 g/mol. The zero-order chi connectivity index (χ0) is 23.0. The minimum absolute atomic E-state index is 0.0402. The molecule has 0 unspecified atom stereocenters. The number of esters is 1. The molecule has 1 aromatic heterocycles. The predicted molar refractivity (Wildman–Crippen MR) is 120 cm³/mol. The van der Waals surface area contributed by atoms with Crippen LogP contribution in [0.15, 0.2) is 24.3 Å². The summed E-state index contributed by atoms with van der Waals surface area (Å²) in [6.07, 6.45) is 3.99. The molecule has 0 saturated heterocycles. The van der Waals surface area contributed by atoms with Crippen LogP contribution in [0.4, 0.5) is 5.69 Å². The van der Waals surface area contributed by atoms with Crippen molar-refractivity contribution >= 4 is 35.1 Å². The SMILES string of the molecule is CCOC(=O)c1cc2n(n1)C[C@@](C)(C(=O)NC1CCCC1)N(c1cc(Cl)ccc1C)C2=O. The molecular weight excluding hydrogens is 432 g/mol. The molecule has 1 aliphatic heterocycles. The number of benzene rings is 1. The van der Waals surface area contributed by atoms with E-state index in [-0.39, 0.29) is 36.5 Å². The van der Waals surface area contributed by atoms with Crippen LogP contribution in [0.2, 0.25) is 5.02 Å². The van der Waals surface area contributed by atoms with Gasteiger partial charge in [0.15, 0.2) is 5.69 Å². The molecule has 2 heterocycles. The second-order valence-corrected chi connectivity index (χ2v) is 9.03. The van der Waals surface area contributed by atoms with E-state index in [0.29, 0.717) is 10.7 Å². The number of nitrogens with zero attached hydrogens (tertiary/aromatic N) is 3. The van der Waals surface area contributed by atoms with Crippen LogP contribution < -0.4 is 10.2 Å². The Morgan fingerprint density at radius 2 is 2.00 bits per heavy atom. The van der Waals surface area contributed by atoms with Gasteiger partial charge in [0, 0.05) is 22.8 Å². The summed E-state index contributed by atoms with van der Waals surface area (Å²) in [7, 11) is 0. The summed E-state index contributed by atoms with van der Waals surface area (Å²) in [5, 5.41) is 7.87.